The summed E-state index contributed by atoms with van der Waals surface area (Å²) in [6.45, 7) is 0. The average Bonchev–Trinajstić information content (AvgIpc) is 3.39. The second-order valence-corrected chi connectivity index (χ2v) is 6.05. The van der Waals surface area contributed by atoms with Crippen molar-refractivity contribution in [2.45, 2.75) is 25.1 Å². The Morgan fingerprint density at radius 3 is 2.50 bits per heavy atom. The van der Waals surface area contributed by atoms with Crippen LogP contribution in [0.15, 0.2) is 23.9 Å². The van der Waals surface area contributed by atoms with Gasteiger partial charge in [0.15, 0.2) is 0 Å². The Morgan fingerprint density at radius 1 is 1.27 bits per heavy atom. The summed E-state index contributed by atoms with van der Waals surface area (Å²) in [6.07, 6.45) is -1.24. The fourth-order valence-electron chi connectivity index (χ4n) is 2.67. The van der Waals surface area contributed by atoms with E-state index in [9.17, 15) is 13.2 Å². The summed E-state index contributed by atoms with van der Waals surface area (Å²) < 4.78 is 39.0. The van der Waals surface area contributed by atoms with E-state index in [0.29, 0.717) is 34.1 Å². The van der Waals surface area contributed by atoms with Gasteiger partial charge in [0.1, 0.15) is 5.70 Å². The first-order chi connectivity index (χ1) is 12.3. The standard InChI is InChI=1S/C17H17F3N6/c18-17(19,20)16(24)10(7-22)13-5-14(25-8-1-2-8)15-9(6-21)11(23)3-4-12(15)26-13/h3-8,21-22H,1-2,23-24H2,(H,25,26). The lowest BCUT2D eigenvalue weighted by atomic mass is 10.0. The first-order valence-electron chi connectivity index (χ1n) is 7.84. The molecule has 136 valence electrons. The summed E-state index contributed by atoms with van der Waals surface area (Å²) in [4.78, 5) is 4.23. The molecule has 6 nitrogen and oxygen atoms in total. The number of pyridine rings is 1. The summed E-state index contributed by atoms with van der Waals surface area (Å²) in [5.74, 6) is 0. The third-order valence-corrected chi connectivity index (χ3v) is 4.15. The van der Waals surface area contributed by atoms with Crippen molar-refractivity contribution in [2.75, 3.05) is 11.1 Å². The molecule has 1 saturated carbocycles. The average molecular weight is 362 g/mol. The van der Waals surface area contributed by atoms with Crippen LogP contribution in [0.1, 0.15) is 24.1 Å². The molecule has 0 atom stereocenters. The zero-order valence-electron chi connectivity index (χ0n) is 13.6. The molecular weight excluding hydrogens is 345 g/mol. The number of nitrogens with zero attached hydrogens (tertiary/aromatic N) is 1. The van der Waals surface area contributed by atoms with Gasteiger partial charge >= 0.3 is 6.18 Å². The van der Waals surface area contributed by atoms with Crippen molar-refractivity contribution in [3.8, 4) is 0 Å². The van der Waals surface area contributed by atoms with Crippen molar-refractivity contribution in [3.63, 3.8) is 0 Å². The van der Waals surface area contributed by atoms with Crippen LogP contribution in [0.25, 0.3) is 16.5 Å². The molecule has 26 heavy (non-hydrogen) atoms. The molecular formula is C17H17F3N6. The van der Waals surface area contributed by atoms with Crippen LogP contribution in [0.5, 0.6) is 0 Å². The highest BCUT2D eigenvalue weighted by atomic mass is 19.4. The first-order valence-corrected chi connectivity index (χ1v) is 7.84. The van der Waals surface area contributed by atoms with Gasteiger partial charge in [-0.2, -0.15) is 13.2 Å². The number of allylic oxidation sites excluding steroid dienone is 2. The Balaban J connectivity index is 2.30. The summed E-state index contributed by atoms with van der Waals surface area (Å²) in [5, 5.41) is 18.8. The minimum Gasteiger partial charge on any atom is -0.398 e. The Kier molecular flexibility index (Phi) is 4.31. The highest BCUT2D eigenvalue weighted by Gasteiger charge is 2.35. The van der Waals surface area contributed by atoms with Crippen molar-refractivity contribution in [2.24, 2.45) is 5.73 Å². The number of rotatable bonds is 5. The number of hydrogen-bond donors (Lipinski definition) is 5. The van der Waals surface area contributed by atoms with Crippen LogP contribution in [-0.2, 0) is 0 Å². The predicted molar refractivity (Wildman–Crippen MR) is 96.6 cm³/mol. The van der Waals surface area contributed by atoms with Crippen LogP contribution in [-0.4, -0.2) is 29.6 Å². The van der Waals surface area contributed by atoms with E-state index >= 15 is 0 Å². The normalized spacial score (nSPS) is 15.5. The van der Waals surface area contributed by atoms with E-state index in [1.807, 2.05) is 0 Å². The molecule has 1 heterocycles. The Hall–Kier alpha value is -3.10. The molecule has 0 saturated heterocycles. The van der Waals surface area contributed by atoms with Gasteiger partial charge in [-0.25, -0.2) is 4.98 Å². The lowest BCUT2D eigenvalue weighted by molar-refractivity contribution is -0.0918. The van der Waals surface area contributed by atoms with Gasteiger partial charge in [-0.3, -0.25) is 0 Å². The van der Waals surface area contributed by atoms with Crippen molar-refractivity contribution < 1.29 is 13.2 Å². The molecule has 1 aliphatic carbocycles. The number of aromatic nitrogens is 1. The topological polar surface area (TPSA) is 125 Å². The minimum atomic E-state index is -4.77. The monoisotopic (exact) mass is 362 g/mol. The third kappa shape index (κ3) is 3.19. The number of halogens is 3. The molecule has 0 spiro atoms. The van der Waals surface area contributed by atoms with E-state index in [1.54, 1.807) is 12.1 Å². The summed E-state index contributed by atoms with van der Waals surface area (Å²) in [6, 6.07) is 4.75. The van der Waals surface area contributed by atoms with Crippen molar-refractivity contribution in [3.05, 3.63) is 35.2 Å². The van der Waals surface area contributed by atoms with Gasteiger partial charge in [0, 0.05) is 46.4 Å². The van der Waals surface area contributed by atoms with Gasteiger partial charge in [-0.1, -0.05) is 0 Å². The fourth-order valence-corrected chi connectivity index (χ4v) is 2.67. The van der Waals surface area contributed by atoms with E-state index in [-0.39, 0.29) is 11.7 Å². The lowest BCUT2D eigenvalue weighted by Crippen LogP contribution is -2.22. The number of benzene rings is 1. The number of hydrogen-bond acceptors (Lipinski definition) is 6. The Labute approximate surface area is 147 Å². The van der Waals surface area contributed by atoms with Crippen molar-refractivity contribution in [1.29, 1.82) is 10.8 Å². The molecule has 0 aliphatic heterocycles. The summed E-state index contributed by atoms with van der Waals surface area (Å²) in [7, 11) is 0. The van der Waals surface area contributed by atoms with Crippen LogP contribution in [0.2, 0.25) is 0 Å². The lowest BCUT2D eigenvalue weighted by Gasteiger charge is -2.16. The summed E-state index contributed by atoms with van der Waals surface area (Å²) in [5.41, 5.74) is 10.9. The van der Waals surface area contributed by atoms with Gasteiger partial charge in [0.05, 0.1) is 11.2 Å². The van der Waals surface area contributed by atoms with Crippen molar-refractivity contribution >= 4 is 40.3 Å². The molecule has 1 aliphatic rings. The van der Waals surface area contributed by atoms with Gasteiger partial charge in [0.2, 0.25) is 0 Å². The fraction of sp³-hybridized carbons (Fsp3) is 0.235. The Bertz CT molecular complexity index is 928. The molecule has 1 aromatic heterocycles. The maximum atomic E-state index is 13.0. The molecule has 1 fully saturated rings. The quantitative estimate of drug-likeness (QED) is 0.413. The summed E-state index contributed by atoms with van der Waals surface area (Å²) >= 11 is 0. The van der Waals surface area contributed by atoms with Gasteiger partial charge < -0.3 is 27.6 Å². The van der Waals surface area contributed by atoms with E-state index < -0.39 is 17.4 Å². The Morgan fingerprint density at radius 2 is 1.96 bits per heavy atom. The van der Waals surface area contributed by atoms with Crippen LogP contribution >= 0.6 is 0 Å². The molecule has 1 aromatic carbocycles. The van der Waals surface area contributed by atoms with Gasteiger partial charge in [-0.05, 0) is 31.0 Å². The molecule has 9 heteroatoms. The predicted octanol–water partition coefficient (Wildman–Crippen LogP) is 3.27. The smallest absolute Gasteiger partial charge is 0.398 e. The largest absolute Gasteiger partial charge is 0.431 e. The van der Waals surface area contributed by atoms with Gasteiger partial charge in [0.25, 0.3) is 0 Å². The van der Waals surface area contributed by atoms with E-state index in [2.05, 4.69) is 10.3 Å². The maximum absolute atomic E-state index is 13.0. The number of nitrogens with two attached hydrogens (primary N) is 2. The zero-order valence-corrected chi connectivity index (χ0v) is 13.6. The second-order valence-electron chi connectivity index (χ2n) is 6.05. The molecule has 7 N–H and O–H groups in total. The van der Waals surface area contributed by atoms with E-state index in [4.69, 9.17) is 22.3 Å². The number of nitrogens with one attached hydrogen (secondary N) is 3. The minimum absolute atomic E-state index is 0.0637. The SMILES string of the molecule is N=CC(=C(N)C(F)(F)F)c1cc(NC2CC2)c2c(C=N)c(N)ccc2n1. The molecule has 2 aromatic rings. The van der Waals surface area contributed by atoms with Crippen LogP contribution in [0, 0.1) is 10.8 Å². The third-order valence-electron chi connectivity index (χ3n) is 4.15. The first kappa shape index (κ1) is 17.7. The van der Waals surface area contributed by atoms with Crippen LogP contribution in [0.4, 0.5) is 24.5 Å². The highest BCUT2D eigenvalue weighted by molar-refractivity contribution is 6.13. The van der Waals surface area contributed by atoms with E-state index in [0.717, 1.165) is 19.1 Å². The molecule has 0 radical (unpaired) electrons. The van der Waals surface area contributed by atoms with Gasteiger partial charge in [-0.15, -0.1) is 0 Å². The number of alkyl halides is 3. The molecule has 0 bridgehead atoms. The molecule has 0 unspecified atom stereocenters. The van der Waals surface area contributed by atoms with Crippen LogP contribution in [0.3, 0.4) is 0 Å². The maximum Gasteiger partial charge on any atom is 0.431 e. The molecule has 3 rings (SSSR count). The second kappa shape index (κ2) is 6.32. The number of anilines is 2. The van der Waals surface area contributed by atoms with Crippen molar-refractivity contribution in [1.82, 2.24) is 4.98 Å². The number of fused-ring (bicyclic) bond motifs is 1. The number of nitrogen functional groups attached to an aromatic ring is 1. The molecule has 0 amide bonds. The van der Waals surface area contributed by atoms with E-state index in [1.165, 1.54) is 6.07 Å². The zero-order chi connectivity index (χ0) is 19.1. The highest BCUT2D eigenvalue weighted by Crippen LogP contribution is 2.36. The van der Waals surface area contributed by atoms with Crippen LogP contribution < -0.4 is 16.8 Å².